The molecule has 0 heterocycles. The zero-order chi connectivity index (χ0) is 36.5. The van der Waals surface area contributed by atoms with Gasteiger partial charge in [-0.05, 0) is 172 Å². The molecule has 6 aliphatic rings. The van der Waals surface area contributed by atoms with E-state index in [0.717, 1.165) is 64.2 Å². The number of hydrogen-bond acceptors (Lipinski definition) is 6. The molecular formula is C46H54O6. The van der Waals surface area contributed by atoms with E-state index in [9.17, 15) is 19.8 Å². The second-order valence-electron chi connectivity index (χ2n) is 17.7. The van der Waals surface area contributed by atoms with Crippen LogP contribution in [0.4, 0.5) is 0 Å². The van der Waals surface area contributed by atoms with Crippen LogP contribution in [0.1, 0.15) is 138 Å². The maximum atomic E-state index is 12.8. The van der Waals surface area contributed by atoms with Gasteiger partial charge in [0.05, 0.1) is 0 Å². The molecule has 8 rings (SSSR count). The normalized spacial score (nSPS) is 38.2. The monoisotopic (exact) mass is 702 g/mol. The number of fused-ring (bicyclic) bond motifs is 10. The number of unbranched alkanes of at least 4 members (excludes halogenated alkanes) is 1. The number of rotatable bonds is 7. The molecule has 4 fully saturated rings. The summed E-state index contributed by atoms with van der Waals surface area (Å²) in [5, 5.41) is 22.4. The summed E-state index contributed by atoms with van der Waals surface area (Å²) < 4.78 is 11.5. The summed E-state index contributed by atoms with van der Waals surface area (Å²) in [4.78, 5) is 25.5. The fourth-order valence-electron chi connectivity index (χ4n) is 12.7. The van der Waals surface area contributed by atoms with Crippen molar-refractivity contribution in [2.75, 3.05) is 0 Å². The highest BCUT2D eigenvalue weighted by Crippen LogP contribution is 2.65. The molecule has 6 aliphatic carbocycles. The van der Waals surface area contributed by atoms with Gasteiger partial charge in [-0.2, -0.15) is 0 Å². The number of carbonyl (C=O) groups is 2. The second kappa shape index (κ2) is 13.1. The van der Waals surface area contributed by atoms with Gasteiger partial charge in [0.2, 0.25) is 0 Å². The topological polar surface area (TPSA) is 93.1 Å². The van der Waals surface area contributed by atoms with E-state index in [1.165, 1.54) is 22.3 Å². The molecular weight excluding hydrogens is 649 g/mol. The number of aliphatic hydroxyl groups is 2. The Hall–Kier alpha value is -3.58. The van der Waals surface area contributed by atoms with E-state index in [2.05, 4.69) is 37.8 Å². The lowest BCUT2D eigenvalue weighted by atomic mass is 9.53. The van der Waals surface area contributed by atoms with Crippen LogP contribution in [-0.4, -0.2) is 33.4 Å². The molecule has 10 unspecified atom stereocenters. The summed E-state index contributed by atoms with van der Waals surface area (Å²) in [5.41, 5.74) is 2.82. The van der Waals surface area contributed by atoms with E-state index >= 15 is 0 Å². The van der Waals surface area contributed by atoms with Crippen molar-refractivity contribution in [3.63, 3.8) is 0 Å². The Labute approximate surface area is 309 Å². The number of aryl methyl sites for hydroxylation is 2. The average Bonchev–Trinajstić information content (AvgIpc) is 3.58. The molecule has 0 amide bonds. The highest BCUT2D eigenvalue weighted by atomic mass is 16.5. The maximum absolute atomic E-state index is 12.8. The fraction of sp³-hybridized carbons (Fsp3) is 0.609. The van der Waals surface area contributed by atoms with Gasteiger partial charge in [-0.15, -0.1) is 12.8 Å². The van der Waals surface area contributed by atoms with Crippen LogP contribution >= 0.6 is 0 Å². The first-order valence-electron chi connectivity index (χ1n) is 20.0. The predicted octanol–water partition coefficient (Wildman–Crippen LogP) is 8.20. The van der Waals surface area contributed by atoms with Gasteiger partial charge in [0.1, 0.15) is 22.7 Å². The first-order valence-corrected chi connectivity index (χ1v) is 20.0. The molecule has 0 spiro atoms. The zero-order valence-electron chi connectivity index (χ0n) is 30.9. The van der Waals surface area contributed by atoms with Crippen molar-refractivity contribution in [3.8, 4) is 36.2 Å². The largest absolute Gasteiger partial charge is 0.427 e. The van der Waals surface area contributed by atoms with Gasteiger partial charge in [-0.3, -0.25) is 9.59 Å². The van der Waals surface area contributed by atoms with Gasteiger partial charge >= 0.3 is 11.9 Å². The highest BCUT2D eigenvalue weighted by molar-refractivity contribution is 5.74. The third-order valence-electron chi connectivity index (χ3n) is 15.7. The first kappa shape index (κ1) is 35.4. The minimum absolute atomic E-state index is 0.216. The summed E-state index contributed by atoms with van der Waals surface area (Å²) in [7, 11) is 0. The first-order chi connectivity index (χ1) is 24.9. The molecule has 2 aromatic rings. The van der Waals surface area contributed by atoms with Crippen LogP contribution in [0.3, 0.4) is 0 Å². The Morgan fingerprint density at radius 3 is 1.50 bits per heavy atom. The molecule has 4 saturated carbocycles. The van der Waals surface area contributed by atoms with Gasteiger partial charge in [0, 0.05) is 23.7 Å². The third kappa shape index (κ3) is 5.54. The molecule has 52 heavy (non-hydrogen) atoms. The average molecular weight is 703 g/mol. The summed E-state index contributed by atoms with van der Waals surface area (Å²) in [6, 6.07) is 12.2. The Kier molecular flexibility index (Phi) is 8.91. The molecule has 6 nitrogen and oxygen atoms in total. The van der Waals surface area contributed by atoms with Crippen molar-refractivity contribution in [2.24, 2.45) is 34.5 Å². The summed E-state index contributed by atoms with van der Waals surface area (Å²) in [6.07, 6.45) is 24.5. The van der Waals surface area contributed by atoms with Gasteiger partial charge in [0.25, 0.3) is 0 Å². The second-order valence-corrected chi connectivity index (χ2v) is 17.7. The Morgan fingerprint density at radius 1 is 0.673 bits per heavy atom. The van der Waals surface area contributed by atoms with Crippen molar-refractivity contribution >= 4 is 11.9 Å². The van der Waals surface area contributed by atoms with Crippen molar-refractivity contribution in [2.45, 2.75) is 140 Å². The minimum Gasteiger partial charge on any atom is -0.427 e. The van der Waals surface area contributed by atoms with Crippen LogP contribution < -0.4 is 9.47 Å². The van der Waals surface area contributed by atoms with Crippen LogP contribution in [0.25, 0.3) is 0 Å². The van der Waals surface area contributed by atoms with E-state index in [-0.39, 0.29) is 35.6 Å². The third-order valence-corrected chi connectivity index (χ3v) is 15.7. The molecule has 0 radical (unpaired) electrons. The van der Waals surface area contributed by atoms with Crippen molar-refractivity contribution in [1.29, 1.82) is 0 Å². The predicted molar refractivity (Wildman–Crippen MR) is 199 cm³/mol. The SMILES string of the molecule is C#CC1(O)CCC2C3CCc4cc(OC(=O)CCCCC(=O)Oc5ccc6c(c5)CCC5C6CCC6(C)C5CCC6(O)C#C)ccc4C3CCC21C. The quantitative estimate of drug-likeness (QED) is 0.131. The number of carbonyl (C=O) groups excluding carboxylic acids is 2. The number of ether oxygens (including phenoxy) is 2. The molecule has 2 N–H and O–H groups in total. The summed E-state index contributed by atoms with van der Waals surface area (Å²) >= 11 is 0. The van der Waals surface area contributed by atoms with E-state index in [1.807, 2.05) is 24.3 Å². The number of hydrogen-bond donors (Lipinski definition) is 2. The van der Waals surface area contributed by atoms with Gasteiger partial charge < -0.3 is 19.7 Å². The lowest BCUT2D eigenvalue weighted by Gasteiger charge is -2.52. The molecule has 0 aliphatic heterocycles. The van der Waals surface area contributed by atoms with Crippen LogP contribution in [0, 0.1) is 59.2 Å². The molecule has 10 atom stereocenters. The standard InChI is InChI=1S/C46H54O6/c1-5-45(49)25-21-39-37-15-11-29-27-31(13-17-33(29)35(37)19-23-43(39,45)3)51-41(47)9-7-8-10-42(48)52-32-14-18-34-30(28-32)12-16-38-36(34)20-24-44(4)40(38)22-26-46(44,50)6-2/h1-2,13-14,17-18,27-28,35-40,49-50H,7-12,15-16,19-26H2,3-4H3. The van der Waals surface area contributed by atoms with Crippen LogP contribution in [0.5, 0.6) is 11.5 Å². The molecule has 0 saturated heterocycles. The number of esters is 2. The molecule has 6 heteroatoms. The smallest absolute Gasteiger partial charge is 0.311 e. The van der Waals surface area contributed by atoms with Crippen molar-refractivity contribution in [3.05, 3.63) is 58.7 Å². The lowest BCUT2D eigenvalue weighted by Crippen LogP contribution is -2.50. The fourth-order valence-corrected chi connectivity index (χ4v) is 12.7. The van der Waals surface area contributed by atoms with E-state index < -0.39 is 11.2 Å². The van der Waals surface area contributed by atoms with Crippen molar-refractivity contribution in [1.82, 2.24) is 0 Å². The van der Waals surface area contributed by atoms with Gasteiger partial charge in [-0.25, -0.2) is 0 Å². The van der Waals surface area contributed by atoms with Gasteiger partial charge in [-0.1, -0.05) is 37.8 Å². The van der Waals surface area contributed by atoms with E-state index in [1.54, 1.807) is 0 Å². The lowest BCUT2D eigenvalue weighted by molar-refractivity contribution is -0.136. The molecule has 0 aromatic heterocycles. The molecule has 2 aromatic carbocycles. The Morgan fingerprint density at radius 2 is 1.10 bits per heavy atom. The van der Waals surface area contributed by atoms with Crippen LogP contribution in [0.15, 0.2) is 36.4 Å². The summed E-state index contributed by atoms with van der Waals surface area (Å²) in [6.45, 7) is 4.41. The maximum Gasteiger partial charge on any atom is 0.311 e. The van der Waals surface area contributed by atoms with Gasteiger partial charge in [0.15, 0.2) is 0 Å². The van der Waals surface area contributed by atoms with Crippen LogP contribution in [-0.2, 0) is 22.4 Å². The van der Waals surface area contributed by atoms with E-state index in [4.69, 9.17) is 22.3 Å². The van der Waals surface area contributed by atoms with E-state index in [0.29, 0.717) is 72.7 Å². The minimum atomic E-state index is -0.997. The zero-order valence-corrected chi connectivity index (χ0v) is 30.9. The molecule has 274 valence electrons. The van der Waals surface area contributed by atoms with Crippen molar-refractivity contribution < 1.29 is 29.3 Å². The Balaban J connectivity index is 0.797. The number of benzene rings is 2. The highest BCUT2D eigenvalue weighted by Gasteiger charge is 2.62. The summed E-state index contributed by atoms with van der Waals surface area (Å²) in [5.74, 6) is 8.93. The molecule has 0 bridgehead atoms. The Bertz CT molecular complexity index is 1720. The van der Waals surface area contributed by atoms with Crippen LogP contribution in [0.2, 0.25) is 0 Å². The number of terminal acetylenes is 2.